The van der Waals surface area contributed by atoms with Crippen molar-refractivity contribution in [1.29, 1.82) is 0 Å². The molecule has 0 saturated carbocycles. The van der Waals surface area contributed by atoms with E-state index in [-0.39, 0.29) is 18.1 Å². The van der Waals surface area contributed by atoms with Crippen LogP contribution in [0, 0.1) is 0 Å². The highest BCUT2D eigenvalue weighted by atomic mass is 16.5. The number of hydrogen-bond acceptors (Lipinski definition) is 4. The minimum absolute atomic E-state index is 0.0160. The number of likely N-dealkylation sites (tertiary alicyclic amines) is 1. The van der Waals surface area contributed by atoms with Crippen molar-refractivity contribution in [2.75, 3.05) is 20.2 Å². The third-order valence-electron chi connectivity index (χ3n) is 5.15. The van der Waals surface area contributed by atoms with Gasteiger partial charge in [0.1, 0.15) is 5.58 Å². The smallest absolute Gasteiger partial charge is 0.224 e. The molecule has 5 nitrogen and oxygen atoms in total. The van der Waals surface area contributed by atoms with E-state index in [2.05, 4.69) is 43.1 Å². The van der Waals surface area contributed by atoms with E-state index in [0.717, 1.165) is 36.0 Å². The Morgan fingerprint density at radius 1 is 1.40 bits per heavy atom. The van der Waals surface area contributed by atoms with Crippen molar-refractivity contribution in [3.8, 4) is 0 Å². The van der Waals surface area contributed by atoms with Gasteiger partial charge in [-0.15, -0.1) is 0 Å². The fourth-order valence-electron chi connectivity index (χ4n) is 3.52. The van der Waals surface area contributed by atoms with Crippen LogP contribution in [-0.2, 0) is 22.4 Å². The monoisotopic (exact) mass is 344 g/mol. The predicted octanol–water partition coefficient (Wildman–Crippen LogP) is 2.76. The van der Waals surface area contributed by atoms with Gasteiger partial charge in [-0.3, -0.25) is 9.69 Å². The van der Waals surface area contributed by atoms with Gasteiger partial charge in [-0.05, 0) is 38.0 Å². The van der Waals surface area contributed by atoms with Gasteiger partial charge in [0.05, 0.1) is 24.8 Å². The van der Waals surface area contributed by atoms with Crippen LogP contribution in [0.25, 0.3) is 11.0 Å². The molecule has 1 aromatic heterocycles. The molecule has 0 unspecified atom stereocenters. The Bertz CT molecular complexity index is 738. The number of furan rings is 1. The molecule has 1 fully saturated rings. The number of fused-ring (bicyclic) bond motifs is 1. The Morgan fingerprint density at radius 3 is 2.88 bits per heavy atom. The Labute approximate surface area is 149 Å². The van der Waals surface area contributed by atoms with Crippen LogP contribution in [0.5, 0.6) is 0 Å². The van der Waals surface area contributed by atoms with Crippen LogP contribution in [0.15, 0.2) is 28.9 Å². The standard InChI is InChI=1S/C20H28N2O3/c1-5-14-6-7-18-16(8-14)15(12-25-18)9-20(23)21-17-10-22(13(2)3)11-19(17)24-4/h6-8,12-13,17,19H,5,9-11H2,1-4H3,(H,21,23)/t17-,19-/m1/s1. The first-order chi connectivity index (χ1) is 12.0. The maximum Gasteiger partial charge on any atom is 0.224 e. The molecule has 0 bridgehead atoms. The number of aryl methyl sites for hydroxylation is 1. The number of carbonyl (C=O) groups is 1. The molecule has 1 saturated heterocycles. The molecule has 0 radical (unpaired) electrons. The van der Waals surface area contributed by atoms with Gasteiger partial charge in [-0.1, -0.05) is 13.0 Å². The molecule has 25 heavy (non-hydrogen) atoms. The molecule has 1 N–H and O–H groups in total. The number of hydrogen-bond donors (Lipinski definition) is 1. The fourth-order valence-corrected chi connectivity index (χ4v) is 3.52. The number of nitrogens with one attached hydrogen (secondary N) is 1. The lowest BCUT2D eigenvalue weighted by Gasteiger charge is -2.20. The van der Waals surface area contributed by atoms with Crippen LogP contribution in [-0.4, -0.2) is 49.2 Å². The lowest BCUT2D eigenvalue weighted by molar-refractivity contribution is -0.121. The minimum atomic E-state index is 0.0160. The molecule has 1 aliphatic rings. The average molecular weight is 344 g/mol. The Hall–Kier alpha value is -1.85. The summed E-state index contributed by atoms with van der Waals surface area (Å²) < 4.78 is 11.2. The number of ether oxygens (including phenoxy) is 1. The van der Waals surface area contributed by atoms with E-state index >= 15 is 0 Å². The zero-order valence-electron chi connectivity index (χ0n) is 15.5. The topological polar surface area (TPSA) is 54.7 Å². The zero-order valence-corrected chi connectivity index (χ0v) is 15.5. The van der Waals surface area contributed by atoms with E-state index < -0.39 is 0 Å². The highest BCUT2D eigenvalue weighted by Crippen LogP contribution is 2.23. The van der Waals surface area contributed by atoms with E-state index in [1.54, 1.807) is 13.4 Å². The van der Waals surface area contributed by atoms with Gasteiger partial charge < -0.3 is 14.5 Å². The number of amides is 1. The van der Waals surface area contributed by atoms with Gasteiger partial charge in [0.2, 0.25) is 5.91 Å². The van der Waals surface area contributed by atoms with Gasteiger partial charge in [0.15, 0.2) is 0 Å². The summed E-state index contributed by atoms with van der Waals surface area (Å²) in [6.45, 7) is 8.14. The van der Waals surface area contributed by atoms with Crippen molar-refractivity contribution < 1.29 is 13.9 Å². The molecular weight excluding hydrogens is 316 g/mol. The molecule has 1 aliphatic heterocycles. The third-order valence-corrected chi connectivity index (χ3v) is 5.15. The van der Waals surface area contributed by atoms with E-state index in [4.69, 9.17) is 9.15 Å². The summed E-state index contributed by atoms with van der Waals surface area (Å²) in [7, 11) is 1.71. The normalized spacial score (nSPS) is 21.3. The largest absolute Gasteiger partial charge is 0.464 e. The van der Waals surface area contributed by atoms with E-state index in [9.17, 15) is 4.79 Å². The summed E-state index contributed by atoms with van der Waals surface area (Å²) >= 11 is 0. The van der Waals surface area contributed by atoms with Crippen molar-refractivity contribution >= 4 is 16.9 Å². The zero-order chi connectivity index (χ0) is 18.0. The van der Waals surface area contributed by atoms with E-state index in [1.165, 1.54) is 5.56 Å². The van der Waals surface area contributed by atoms with Gasteiger partial charge >= 0.3 is 0 Å². The van der Waals surface area contributed by atoms with Crippen molar-refractivity contribution in [1.82, 2.24) is 10.2 Å². The molecule has 0 spiro atoms. The maximum absolute atomic E-state index is 12.6. The average Bonchev–Trinajstić information content (AvgIpc) is 3.18. The molecule has 2 aromatic rings. The van der Waals surface area contributed by atoms with Crippen molar-refractivity contribution in [3.05, 3.63) is 35.6 Å². The summed E-state index contributed by atoms with van der Waals surface area (Å²) in [4.78, 5) is 14.9. The first-order valence-electron chi connectivity index (χ1n) is 9.07. The number of methoxy groups -OCH3 is 1. The molecule has 3 rings (SSSR count). The fraction of sp³-hybridized carbons (Fsp3) is 0.550. The SMILES string of the molecule is CCc1ccc2occ(CC(=O)N[C@@H]3CN(C(C)C)C[C@H]3OC)c2c1. The van der Waals surface area contributed by atoms with Crippen LogP contribution in [0.4, 0.5) is 0 Å². The van der Waals surface area contributed by atoms with Crippen LogP contribution in [0.2, 0.25) is 0 Å². The van der Waals surface area contributed by atoms with Crippen LogP contribution >= 0.6 is 0 Å². The summed E-state index contributed by atoms with van der Waals surface area (Å²) in [5.41, 5.74) is 3.02. The second kappa shape index (κ2) is 7.58. The highest BCUT2D eigenvalue weighted by molar-refractivity contribution is 5.88. The number of nitrogens with zero attached hydrogens (tertiary/aromatic N) is 1. The van der Waals surface area contributed by atoms with Crippen molar-refractivity contribution in [3.63, 3.8) is 0 Å². The lowest BCUT2D eigenvalue weighted by Crippen LogP contribution is -2.44. The maximum atomic E-state index is 12.6. The molecule has 1 aromatic carbocycles. The van der Waals surface area contributed by atoms with Gasteiger partial charge in [-0.25, -0.2) is 0 Å². The highest BCUT2D eigenvalue weighted by Gasteiger charge is 2.34. The summed E-state index contributed by atoms with van der Waals surface area (Å²) in [5.74, 6) is 0.0160. The number of benzene rings is 1. The Kier molecular flexibility index (Phi) is 5.45. The minimum Gasteiger partial charge on any atom is -0.464 e. The molecule has 0 aliphatic carbocycles. The molecule has 1 amide bonds. The lowest BCUT2D eigenvalue weighted by atomic mass is 10.1. The first kappa shape index (κ1) is 18.0. The molecule has 2 heterocycles. The van der Waals surface area contributed by atoms with Gasteiger partial charge in [0.25, 0.3) is 0 Å². The molecule has 5 heteroatoms. The molecular formula is C20H28N2O3. The van der Waals surface area contributed by atoms with Crippen LogP contribution < -0.4 is 5.32 Å². The number of rotatable bonds is 6. The van der Waals surface area contributed by atoms with Gasteiger partial charge in [0, 0.05) is 37.2 Å². The Balaban J connectivity index is 1.68. The van der Waals surface area contributed by atoms with E-state index in [0.29, 0.717) is 12.5 Å². The summed E-state index contributed by atoms with van der Waals surface area (Å²) in [6, 6.07) is 6.65. The summed E-state index contributed by atoms with van der Waals surface area (Å²) in [6.07, 6.45) is 3.04. The van der Waals surface area contributed by atoms with Crippen LogP contribution in [0.3, 0.4) is 0 Å². The van der Waals surface area contributed by atoms with Crippen LogP contribution in [0.1, 0.15) is 31.9 Å². The molecule has 2 atom stereocenters. The third kappa shape index (κ3) is 3.88. The predicted molar refractivity (Wildman–Crippen MR) is 98.7 cm³/mol. The van der Waals surface area contributed by atoms with Gasteiger partial charge in [-0.2, -0.15) is 0 Å². The molecule has 136 valence electrons. The van der Waals surface area contributed by atoms with E-state index in [1.807, 2.05) is 6.07 Å². The quantitative estimate of drug-likeness (QED) is 0.875. The Morgan fingerprint density at radius 2 is 2.20 bits per heavy atom. The second-order valence-electron chi connectivity index (χ2n) is 7.12. The van der Waals surface area contributed by atoms with Crippen molar-refractivity contribution in [2.45, 2.75) is 51.8 Å². The summed E-state index contributed by atoms with van der Waals surface area (Å²) in [5, 5.41) is 4.18. The van der Waals surface area contributed by atoms with Crippen molar-refractivity contribution in [2.24, 2.45) is 0 Å². The number of carbonyl (C=O) groups excluding carboxylic acids is 1. The second-order valence-corrected chi connectivity index (χ2v) is 7.12. The first-order valence-corrected chi connectivity index (χ1v) is 9.07.